The van der Waals surface area contributed by atoms with Crippen molar-refractivity contribution < 1.29 is 9.90 Å². The summed E-state index contributed by atoms with van der Waals surface area (Å²) in [6, 6.07) is 12.0. The average molecular weight is 229 g/mol. The van der Waals surface area contributed by atoms with Gasteiger partial charge < -0.3 is 9.67 Å². The van der Waals surface area contributed by atoms with Gasteiger partial charge in [-0.1, -0.05) is 30.3 Å². The van der Waals surface area contributed by atoms with Gasteiger partial charge in [-0.2, -0.15) is 0 Å². The molecule has 0 saturated heterocycles. The van der Waals surface area contributed by atoms with E-state index < -0.39 is 5.97 Å². The second-order valence-corrected chi connectivity index (χ2v) is 3.67. The Morgan fingerprint density at radius 2 is 1.82 bits per heavy atom. The van der Waals surface area contributed by atoms with Gasteiger partial charge in [0.05, 0.1) is 12.1 Å². The monoisotopic (exact) mass is 229 g/mol. The van der Waals surface area contributed by atoms with Crippen LogP contribution in [0.5, 0.6) is 0 Å². The Morgan fingerprint density at radius 3 is 2.47 bits per heavy atom. The highest BCUT2D eigenvalue weighted by Gasteiger charge is 2.05. The molecule has 0 bridgehead atoms. The average Bonchev–Trinajstić information content (AvgIpc) is 2.33. The van der Waals surface area contributed by atoms with Gasteiger partial charge in [0.15, 0.2) is 0 Å². The molecule has 1 N–H and O–H groups in total. The van der Waals surface area contributed by atoms with Crippen molar-refractivity contribution in [3.8, 4) is 0 Å². The molecule has 17 heavy (non-hydrogen) atoms. The standard InChI is InChI=1S/C13H11NO3/c15-12-7-6-11(13(16)17)9-14(12)8-10-4-2-1-3-5-10/h1-7,9H,8H2,(H,16,17). The minimum Gasteiger partial charge on any atom is -0.478 e. The highest BCUT2D eigenvalue weighted by Crippen LogP contribution is 2.02. The maximum atomic E-state index is 11.6. The molecule has 1 aromatic heterocycles. The van der Waals surface area contributed by atoms with E-state index in [4.69, 9.17) is 5.11 Å². The number of carboxylic acids is 1. The second kappa shape index (κ2) is 4.65. The zero-order chi connectivity index (χ0) is 12.3. The first-order chi connectivity index (χ1) is 8.16. The number of hydrogen-bond acceptors (Lipinski definition) is 2. The van der Waals surface area contributed by atoms with E-state index in [0.717, 1.165) is 5.56 Å². The van der Waals surface area contributed by atoms with Gasteiger partial charge in [-0.25, -0.2) is 4.79 Å². The molecule has 1 aromatic carbocycles. The maximum Gasteiger partial charge on any atom is 0.337 e. The van der Waals surface area contributed by atoms with Gasteiger partial charge >= 0.3 is 5.97 Å². The lowest BCUT2D eigenvalue weighted by Gasteiger charge is -2.06. The molecule has 4 nitrogen and oxygen atoms in total. The molecule has 1 heterocycles. The molecule has 2 rings (SSSR count). The number of nitrogens with zero attached hydrogens (tertiary/aromatic N) is 1. The molecule has 0 aliphatic rings. The molecule has 2 aromatic rings. The van der Waals surface area contributed by atoms with E-state index in [9.17, 15) is 9.59 Å². The number of rotatable bonds is 3. The number of carboxylic acid groups (broad SMARTS) is 1. The molecule has 0 spiro atoms. The predicted octanol–water partition coefficient (Wildman–Crippen LogP) is 1.59. The van der Waals surface area contributed by atoms with Gasteiger partial charge in [-0.05, 0) is 11.6 Å². The summed E-state index contributed by atoms with van der Waals surface area (Å²) in [4.78, 5) is 22.4. The third kappa shape index (κ3) is 2.60. The molecule has 0 aliphatic carbocycles. The van der Waals surface area contributed by atoms with Crippen LogP contribution in [0.1, 0.15) is 15.9 Å². The van der Waals surface area contributed by atoms with E-state index in [1.165, 1.54) is 22.9 Å². The summed E-state index contributed by atoms with van der Waals surface area (Å²) < 4.78 is 1.39. The van der Waals surface area contributed by atoms with E-state index >= 15 is 0 Å². The topological polar surface area (TPSA) is 59.3 Å². The molecule has 0 radical (unpaired) electrons. The van der Waals surface area contributed by atoms with Crippen LogP contribution in [0.4, 0.5) is 0 Å². The molecule has 86 valence electrons. The smallest absolute Gasteiger partial charge is 0.337 e. The van der Waals surface area contributed by atoms with Crippen LogP contribution < -0.4 is 5.56 Å². The Balaban J connectivity index is 2.36. The van der Waals surface area contributed by atoms with Crippen molar-refractivity contribution in [3.05, 3.63) is 70.1 Å². The molecule has 0 saturated carbocycles. The fourth-order valence-corrected chi connectivity index (χ4v) is 1.56. The van der Waals surface area contributed by atoms with Crippen molar-refractivity contribution in [1.29, 1.82) is 0 Å². The van der Waals surface area contributed by atoms with Gasteiger partial charge in [-0.3, -0.25) is 4.79 Å². The first-order valence-corrected chi connectivity index (χ1v) is 5.14. The molecule has 0 unspecified atom stereocenters. The maximum absolute atomic E-state index is 11.6. The summed E-state index contributed by atoms with van der Waals surface area (Å²) in [6.45, 7) is 0.376. The zero-order valence-corrected chi connectivity index (χ0v) is 9.04. The van der Waals surface area contributed by atoms with Gasteiger partial charge in [0.1, 0.15) is 0 Å². The van der Waals surface area contributed by atoms with Crippen molar-refractivity contribution >= 4 is 5.97 Å². The fourth-order valence-electron chi connectivity index (χ4n) is 1.56. The highest BCUT2D eigenvalue weighted by atomic mass is 16.4. The van der Waals surface area contributed by atoms with Crippen molar-refractivity contribution in [2.75, 3.05) is 0 Å². The Labute approximate surface area is 97.8 Å². The van der Waals surface area contributed by atoms with Gasteiger partial charge in [-0.15, -0.1) is 0 Å². The number of hydrogen-bond donors (Lipinski definition) is 1. The zero-order valence-electron chi connectivity index (χ0n) is 9.04. The van der Waals surface area contributed by atoms with Crippen LogP contribution in [0.3, 0.4) is 0 Å². The van der Waals surface area contributed by atoms with Crippen LogP contribution >= 0.6 is 0 Å². The fraction of sp³-hybridized carbons (Fsp3) is 0.0769. The Morgan fingerprint density at radius 1 is 1.12 bits per heavy atom. The minimum absolute atomic E-state index is 0.112. The normalized spacial score (nSPS) is 10.1. The third-order valence-corrected chi connectivity index (χ3v) is 2.43. The van der Waals surface area contributed by atoms with Crippen LogP contribution in [0, 0.1) is 0 Å². The third-order valence-electron chi connectivity index (χ3n) is 2.43. The van der Waals surface area contributed by atoms with E-state index in [0.29, 0.717) is 6.54 Å². The number of aromatic carboxylic acids is 1. The SMILES string of the molecule is O=C(O)c1ccc(=O)n(Cc2ccccc2)c1. The minimum atomic E-state index is -1.04. The lowest BCUT2D eigenvalue weighted by atomic mass is 10.2. The van der Waals surface area contributed by atoms with Crippen molar-refractivity contribution in [1.82, 2.24) is 4.57 Å². The first-order valence-electron chi connectivity index (χ1n) is 5.14. The van der Waals surface area contributed by atoms with E-state index in [1.54, 1.807) is 0 Å². The summed E-state index contributed by atoms with van der Waals surface area (Å²) in [5.41, 5.74) is 0.858. The van der Waals surface area contributed by atoms with Gasteiger partial charge in [0, 0.05) is 12.3 Å². The Bertz CT molecular complexity index is 587. The summed E-state index contributed by atoms with van der Waals surface area (Å²) in [7, 11) is 0. The quantitative estimate of drug-likeness (QED) is 0.869. The molecule has 0 amide bonds. The lowest BCUT2D eigenvalue weighted by Crippen LogP contribution is -2.20. The van der Waals surface area contributed by atoms with Crippen molar-refractivity contribution in [2.45, 2.75) is 6.54 Å². The number of carbonyl (C=O) groups is 1. The Hall–Kier alpha value is -2.36. The summed E-state index contributed by atoms with van der Waals surface area (Å²) >= 11 is 0. The van der Waals surface area contributed by atoms with Gasteiger partial charge in [0.2, 0.25) is 0 Å². The van der Waals surface area contributed by atoms with E-state index in [-0.39, 0.29) is 11.1 Å². The first kappa shape index (κ1) is 11.1. The lowest BCUT2D eigenvalue weighted by molar-refractivity contribution is 0.0696. The Kier molecular flexibility index (Phi) is 3.05. The number of benzene rings is 1. The summed E-state index contributed by atoms with van der Waals surface area (Å²) in [6.07, 6.45) is 1.36. The number of aromatic nitrogens is 1. The molecular weight excluding hydrogens is 218 g/mol. The van der Waals surface area contributed by atoms with Crippen LogP contribution in [-0.2, 0) is 6.54 Å². The van der Waals surface area contributed by atoms with E-state index in [2.05, 4.69) is 0 Å². The van der Waals surface area contributed by atoms with Crippen LogP contribution in [-0.4, -0.2) is 15.6 Å². The molecular formula is C13H11NO3. The second-order valence-electron chi connectivity index (χ2n) is 3.67. The van der Waals surface area contributed by atoms with Gasteiger partial charge in [0.25, 0.3) is 5.56 Å². The molecule has 0 atom stereocenters. The molecule has 4 heteroatoms. The highest BCUT2D eigenvalue weighted by molar-refractivity contribution is 5.87. The van der Waals surface area contributed by atoms with Crippen LogP contribution in [0.25, 0.3) is 0 Å². The largest absolute Gasteiger partial charge is 0.478 e. The summed E-state index contributed by atoms with van der Waals surface area (Å²) in [5.74, 6) is -1.04. The number of pyridine rings is 1. The van der Waals surface area contributed by atoms with Crippen LogP contribution in [0.15, 0.2) is 53.5 Å². The molecule has 0 fully saturated rings. The van der Waals surface area contributed by atoms with E-state index in [1.807, 2.05) is 30.3 Å². The van der Waals surface area contributed by atoms with Crippen molar-refractivity contribution in [3.63, 3.8) is 0 Å². The van der Waals surface area contributed by atoms with Crippen LogP contribution in [0.2, 0.25) is 0 Å². The van der Waals surface area contributed by atoms with Crippen molar-refractivity contribution in [2.24, 2.45) is 0 Å². The predicted molar refractivity (Wildman–Crippen MR) is 63.2 cm³/mol. The molecule has 0 aliphatic heterocycles. The summed E-state index contributed by atoms with van der Waals surface area (Å²) in [5, 5.41) is 8.85.